The number of aromatic nitrogens is 2. The number of nitrogens with two attached hydrogens (primary N) is 1. The quantitative estimate of drug-likeness (QED) is 0.785. The van der Waals surface area contributed by atoms with E-state index in [9.17, 15) is 4.79 Å². The molecule has 3 N–H and O–H groups in total. The van der Waals surface area contributed by atoms with Crippen LogP contribution in [-0.4, -0.2) is 21.5 Å². The summed E-state index contributed by atoms with van der Waals surface area (Å²) in [5.74, 6) is -0.199. The third-order valence-corrected chi connectivity index (χ3v) is 2.41. The lowest BCUT2D eigenvalue weighted by atomic mass is 10.2. The second-order valence-electron chi connectivity index (χ2n) is 3.84. The SMILES string of the molecule is CC(N)C(=O)Nc1ccc2c(c1)ncn2C. The molecule has 2 aromatic rings. The van der Waals surface area contributed by atoms with Gasteiger partial charge in [-0.05, 0) is 25.1 Å². The Hall–Kier alpha value is -1.88. The zero-order valence-electron chi connectivity index (χ0n) is 9.27. The van der Waals surface area contributed by atoms with Gasteiger partial charge in [0.1, 0.15) is 0 Å². The van der Waals surface area contributed by atoms with Gasteiger partial charge in [0.25, 0.3) is 0 Å². The Morgan fingerprint density at radius 3 is 3.00 bits per heavy atom. The van der Waals surface area contributed by atoms with Crippen molar-refractivity contribution in [3.8, 4) is 0 Å². The molecule has 1 unspecified atom stereocenters. The Bertz CT molecular complexity index is 530. The van der Waals surface area contributed by atoms with Crippen molar-refractivity contribution < 1.29 is 4.79 Å². The molecule has 2 rings (SSSR count). The maximum absolute atomic E-state index is 11.4. The lowest BCUT2D eigenvalue weighted by Crippen LogP contribution is -2.32. The average molecular weight is 218 g/mol. The molecule has 0 aliphatic rings. The molecular formula is C11H14N4O. The molecule has 1 heterocycles. The first-order valence-electron chi connectivity index (χ1n) is 5.05. The molecule has 0 aliphatic carbocycles. The summed E-state index contributed by atoms with van der Waals surface area (Å²) in [6, 6.07) is 5.07. The molecule has 0 spiro atoms. The number of anilines is 1. The summed E-state index contributed by atoms with van der Waals surface area (Å²) in [7, 11) is 1.93. The predicted octanol–water partition coefficient (Wildman–Crippen LogP) is 0.859. The highest BCUT2D eigenvalue weighted by atomic mass is 16.2. The Labute approximate surface area is 93.3 Å². The molecule has 0 radical (unpaired) electrons. The summed E-state index contributed by atoms with van der Waals surface area (Å²) in [6.07, 6.45) is 1.74. The van der Waals surface area contributed by atoms with E-state index in [1.165, 1.54) is 0 Å². The number of imidazole rings is 1. The number of rotatable bonds is 2. The molecular weight excluding hydrogens is 204 g/mol. The van der Waals surface area contributed by atoms with Gasteiger partial charge in [0.2, 0.25) is 5.91 Å². The van der Waals surface area contributed by atoms with E-state index in [1.54, 1.807) is 13.3 Å². The molecule has 1 amide bonds. The van der Waals surface area contributed by atoms with Gasteiger partial charge in [-0.1, -0.05) is 0 Å². The van der Waals surface area contributed by atoms with Crippen LogP contribution in [0.15, 0.2) is 24.5 Å². The molecule has 0 saturated carbocycles. The zero-order chi connectivity index (χ0) is 11.7. The Morgan fingerprint density at radius 2 is 2.31 bits per heavy atom. The second kappa shape index (κ2) is 3.94. The predicted molar refractivity (Wildman–Crippen MR) is 63.0 cm³/mol. The van der Waals surface area contributed by atoms with Crippen LogP contribution < -0.4 is 11.1 Å². The molecule has 1 aromatic carbocycles. The normalized spacial score (nSPS) is 12.7. The lowest BCUT2D eigenvalue weighted by molar-refractivity contribution is -0.117. The summed E-state index contributed by atoms with van der Waals surface area (Å²) < 4.78 is 1.92. The first kappa shape index (κ1) is 10.6. The maximum atomic E-state index is 11.4. The van der Waals surface area contributed by atoms with Gasteiger partial charge >= 0.3 is 0 Å². The van der Waals surface area contributed by atoms with Crippen molar-refractivity contribution in [1.29, 1.82) is 0 Å². The van der Waals surface area contributed by atoms with Crippen molar-refractivity contribution in [3.63, 3.8) is 0 Å². The van der Waals surface area contributed by atoms with Crippen LogP contribution >= 0.6 is 0 Å². The van der Waals surface area contributed by atoms with Crippen molar-refractivity contribution in [2.45, 2.75) is 13.0 Å². The van der Waals surface area contributed by atoms with E-state index in [0.717, 1.165) is 11.0 Å². The van der Waals surface area contributed by atoms with Crippen LogP contribution in [0.5, 0.6) is 0 Å². The third kappa shape index (κ3) is 1.90. The smallest absolute Gasteiger partial charge is 0.240 e. The van der Waals surface area contributed by atoms with Crippen LogP contribution in [-0.2, 0) is 11.8 Å². The number of nitrogens with zero attached hydrogens (tertiary/aromatic N) is 2. The number of benzene rings is 1. The van der Waals surface area contributed by atoms with Crippen LogP contribution in [0.1, 0.15) is 6.92 Å². The monoisotopic (exact) mass is 218 g/mol. The highest BCUT2D eigenvalue weighted by molar-refractivity contribution is 5.96. The van der Waals surface area contributed by atoms with E-state index >= 15 is 0 Å². The molecule has 84 valence electrons. The molecule has 1 aromatic heterocycles. The van der Waals surface area contributed by atoms with E-state index in [0.29, 0.717) is 5.69 Å². The van der Waals surface area contributed by atoms with Crippen molar-refractivity contribution in [3.05, 3.63) is 24.5 Å². The van der Waals surface area contributed by atoms with E-state index in [2.05, 4.69) is 10.3 Å². The summed E-state index contributed by atoms with van der Waals surface area (Å²) in [5.41, 5.74) is 8.06. The van der Waals surface area contributed by atoms with Crippen molar-refractivity contribution in [1.82, 2.24) is 9.55 Å². The average Bonchev–Trinajstić information content (AvgIpc) is 2.60. The first-order chi connectivity index (χ1) is 7.58. The van der Waals surface area contributed by atoms with Gasteiger partial charge in [0, 0.05) is 12.7 Å². The zero-order valence-corrected chi connectivity index (χ0v) is 9.27. The Kier molecular flexibility index (Phi) is 2.62. The van der Waals surface area contributed by atoms with Gasteiger partial charge in [-0.15, -0.1) is 0 Å². The van der Waals surface area contributed by atoms with Crippen LogP contribution in [0.25, 0.3) is 11.0 Å². The third-order valence-electron chi connectivity index (χ3n) is 2.41. The van der Waals surface area contributed by atoms with E-state index in [1.807, 2.05) is 29.8 Å². The van der Waals surface area contributed by atoms with E-state index < -0.39 is 6.04 Å². The van der Waals surface area contributed by atoms with E-state index in [-0.39, 0.29) is 5.91 Å². The van der Waals surface area contributed by atoms with Gasteiger partial charge in [-0.25, -0.2) is 4.98 Å². The van der Waals surface area contributed by atoms with Gasteiger partial charge in [-0.3, -0.25) is 4.79 Å². The second-order valence-corrected chi connectivity index (χ2v) is 3.84. The number of carbonyl (C=O) groups excluding carboxylic acids is 1. The number of nitrogens with one attached hydrogen (secondary N) is 1. The number of carbonyl (C=O) groups is 1. The fraction of sp³-hybridized carbons (Fsp3) is 0.273. The lowest BCUT2D eigenvalue weighted by Gasteiger charge is -2.07. The molecule has 1 atom stereocenters. The van der Waals surface area contributed by atoms with Crippen LogP contribution in [0.2, 0.25) is 0 Å². The molecule has 5 heteroatoms. The molecule has 0 saturated heterocycles. The summed E-state index contributed by atoms with van der Waals surface area (Å²) in [5, 5.41) is 2.73. The molecule has 16 heavy (non-hydrogen) atoms. The van der Waals surface area contributed by atoms with Crippen LogP contribution in [0, 0.1) is 0 Å². The number of amides is 1. The number of hydrogen-bond donors (Lipinski definition) is 2. The Morgan fingerprint density at radius 1 is 1.56 bits per heavy atom. The minimum absolute atomic E-state index is 0.199. The number of aryl methyl sites for hydroxylation is 1. The van der Waals surface area contributed by atoms with Crippen molar-refractivity contribution in [2.75, 3.05) is 5.32 Å². The molecule has 0 aliphatic heterocycles. The summed E-state index contributed by atoms with van der Waals surface area (Å²) in [6.45, 7) is 1.65. The molecule has 5 nitrogen and oxygen atoms in total. The van der Waals surface area contributed by atoms with Crippen LogP contribution in [0.4, 0.5) is 5.69 Å². The van der Waals surface area contributed by atoms with E-state index in [4.69, 9.17) is 5.73 Å². The molecule has 0 bridgehead atoms. The van der Waals surface area contributed by atoms with Crippen LogP contribution in [0.3, 0.4) is 0 Å². The van der Waals surface area contributed by atoms with Crippen molar-refractivity contribution in [2.24, 2.45) is 12.8 Å². The highest BCUT2D eigenvalue weighted by Gasteiger charge is 2.08. The minimum Gasteiger partial charge on any atom is -0.334 e. The van der Waals surface area contributed by atoms with Gasteiger partial charge in [-0.2, -0.15) is 0 Å². The van der Waals surface area contributed by atoms with Gasteiger partial charge in [0.15, 0.2) is 0 Å². The summed E-state index contributed by atoms with van der Waals surface area (Å²) in [4.78, 5) is 15.6. The first-order valence-corrected chi connectivity index (χ1v) is 5.05. The summed E-state index contributed by atoms with van der Waals surface area (Å²) >= 11 is 0. The Balaban J connectivity index is 2.30. The highest BCUT2D eigenvalue weighted by Crippen LogP contribution is 2.17. The maximum Gasteiger partial charge on any atom is 0.240 e. The topological polar surface area (TPSA) is 72.9 Å². The largest absolute Gasteiger partial charge is 0.334 e. The van der Waals surface area contributed by atoms with Gasteiger partial charge in [0.05, 0.1) is 23.4 Å². The standard InChI is InChI=1S/C11H14N4O/c1-7(12)11(16)14-8-3-4-10-9(5-8)13-6-15(10)2/h3-7H,12H2,1-2H3,(H,14,16). The number of hydrogen-bond acceptors (Lipinski definition) is 3. The van der Waals surface area contributed by atoms with Gasteiger partial charge < -0.3 is 15.6 Å². The fourth-order valence-corrected chi connectivity index (χ4v) is 1.47. The molecule has 0 fully saturated rings. The minimum atomic E-state index is -0.514. The fourth-order valence-electron chi connectivity index (χ4n) is 1.47. The number of fused-ring (bicyclic) bond motifs is 1. The van der Waals surface area contributed by atoms with Crippen molar-refractivity contribution >= 4 is 22.6 Å².